The van der Waals surface area contributed by atoms with Gasteiger partial charge in [-0.3, -0.25) is 4.79 Å². The Morgan fingerprint density at radius 2 is 1.61 bits per heavy atom. The van der Waals surface area contributed by atoms with Crippen molar-refractivity contribution < 1.29 is 37.7 Å². The molecule has 0 spiro atoms. The van der Waals surface area contributed by atoms with Crippen molar-refractivity contribution in [2.45, 2.75) is 44.2 Å². The number of carbonyl (C=O) groups is 1. The van der Waals surface area contributed by atoms with Gasteiger partial charge in [0.15, 0.2) is 0 Å². The van der Waals surface area contributed by atoms with Crippen LogP contribution in [0.4, 0.5) is 17.6 Å². The van der Waals surface area contributed by atoms with E-state index in [4.69, 9.17) is 5.11 Å². The van der Waals surface area contributed by atoms with E-state index in [1.54, 1.807) is 30.3 Å². The lowest BCUT2D eigenvalue weighted by Crippen LogP contribution is -2.23. The average Bonchev–Trinajstić information content (AvgIpc) is 3.13. The van der Waals surface area contributed by atoms with E-state index in [2.05, 4.69) is 4.98 Å². The number of aliphatic hydroxyl groups excluding tert-OH is 2. The molecule has 3 N–H and O–H groups in total. The Morgan fingerprint density at radius 3 is 2.18 bits per heavy atom. The Hall–Kier alpha value is -3.24. The number of hydrogen-bond donors (Lipinski definition) is 3. The maximum absolute atomic E-state index is 13.9. The molecular weight excluding hydrogens is 444 g/mol. The van der Waals surface area contributed by atoms with Crippen molar-refractivity contribution >= 4 is 5.97 Å². The van der Waals surface area contributed by atoms with E-state index in [1.165, 1.54) is 12.1 Å². The second-order valence-corrected chi connectivity index (χ2v) is 7.58. The lowest BCUT2D eigenvalue weighted by atomic mass is 10.0. The molecule has 0 unspecified atom stereocenters. The van der Waals surface area contributed by atoms with Crippen molar-refractivity contribution in [3.8, 4) is 22.5 Å². The quantitative estimate of drug-likeness (QED) is 0.408. The van der Waals surface area contributed by atoms with Crippen LogP contribution in [0.1, 0.15) is 25.1 Å². The molecule has 2 atom stereocenters. The summed E-state index contributed by atoms with van der Waals surface area (Å²) in [6, 6.07) is 13.2. The van der Waals surface area contributed by atoms with Crippen molar-refractivity contribution in [2.75, 3.05) is 0 Å². The average molecular weight is 466 g/mol. The van der Waals surface area contributed by atoms with Crippen LogP contribution in [-0.2, 0) is 17.5 Å². The zero-order chi connectivity index (χ0) is 24.2. The summed E-state index contributed by atoms with van der Waals surface area (Å²) in [6.07, 6.45) is -8.44. The van der Waals surface area contributed by atoms with Crippen molar-refractivity contribution in [3.05, 3.63) is 66.2 Å². The predicted molar refractivity (Wildman–Crippen MR) is 112 cm³/mol. The van der Waals surface area contributed by atoms with E-state index in [1.807, 2.05) is 0 Å². The number of aliphatic hydroxyl groups is 2. The number of carboxylic acid groups (broad SMARTS) is 1. The fourth-order valence-corrected chi connectivity index (χ4v) is 3.58. The number of halogens is 4. The van der Waals surface area contributed by atoms with Crippen molar-refractivity contribution in [2.24, 2.45) is 0 Å². The maximum atomic E-state index is 13.9. The summed E-state index contributed by atoms with van der Waals surface area (Å²) in [5.74, 6) is -2.98. The van der Waals surface area contributed by atoms with E-state index in [0.717, 1.165) is 16.7 Å². The van der Waals surface area contributed by atoms with Crippen LogP contribution in [0.5, 0.6) is 0 Å². The van der Waals surface area contributed by atoms with Gasteiger partial charge >= 0.3 is 12.1 Å². The van der Waals surface area contributed by atoms with E-state index in [0.29, 0.717) is 5.56 Å². The Morgan fingerprint density at radius 1 is 0.970 bits per heavy atom. The summed E-state index contributed by atoms with van der Waals surface area (Å²) in [5, 5.41) is 28.6. The molecule has 0 amide bonds. The number of hydrogen-bond acceptors (Lipinski definition) is 4. The van der Waals surface area contributed by atoms with Crippen molar-refractivity contribution in [3.63, 3.8) is 0 Å². The number of aliphatic carboxylic acids is 1. The Bertz CT molecular complexity index is 1080. The molecule has 6 nitrogen and oxygen atoms in total. The maximum Gasteiger partial charge on any atom is 0.449 e. The highest BCUT2D eigenvalue weighted by atomic mass is 19.4. The number of imidazole rings is 1. The smallest absolute Gasteiger partial charge is 0.449 e. The van der Waals surface area contributed by atoms with E-state index < -0.39 is 42.4 Å². The number of benzene rings is 2. The van der Waals surface area contributed by atoms with Gasteiger partial charge < -0.3 is 19.9 Å². The molecule has 3 rings (SSSR count). The summed E-state index contributed by atoms with van der Waals surface area (Å²) >= 11 is 0. The minimum Gasteiger partial charge on any atom is -0.481 e. The molecule has 0 bridgehead atoms. The SMILES string of the molecule is O=C(O)C[C@H](O)C[C@H](O)CCn1c(C(F)(F)F)nc(-c2ccc(F)cc2)c1-c1ccccc1. The number of rotatable bonds is 9. The highest BCUT2D eigenvalue weighted by Gasteiger charge is 2.39. The first-order valence-electron chi connectivity index (χ1n) is 10.1. The lowest BCUT2D eigenvalue weighted by Gasteiger charge is -2.18. The molecule has 0 aliphatic rings. The molecule has 10 heteroatoms. The summed E-state index contributed by atoms with van der Waals surface area (Å²) in [6.45, 7) is -0.297. The highest BCUT2D eigenvalue weighted by molar-refractivity contribution is 5.79. The molecule has 0 radical (unpaired) electrons. The highest BCUT2D eigenvalue weighted by Crippen LogP contribution is 2.39. The second-order valence-electron chi connectivity index (χ2n) is 7.58. The van der Waals surface area contributed by atoms with Crippen LogP contribution in [-0.4, -0.2) is 43.0 Å². The first-order chi connectivity index (χ1) is 15.6. The molecule has 3 aromatic rings. The minimum absolute atomic E-state index is 0.00827. The molecule has 1 aromatic heterocycles. The molecule has 176 valence electrons. The summed E-state index contributed by atoms with van der Waals surface area (Å²) in [7, 11) is 0. The molecule has 0 saturated carbocycles. The van der Waals surface area contributed by atoms with Crippen LogP contribution in [0.2, 0.25) is 0 Å². The largest absolute Gasteiger partial charge is 0.481 e. The van der Waals surface area contributed by atoms with Crippen molar-refractivity contribution in [1.82, 2.24) is 9.55 Å². The van der Waals surface area contributed by atoms with Crippen molar-refractivity contribution in [1.29, 1.82) is 0 Å². The van der Waals surface area contributed by atoms with Crippen LogP contribution in [0.15, 0.2) is 54.6 Å². The van der Waals surface area contributed by atoms with Gasteiger partial charge in [-0.1, -0.05) is 30.3 Å². The van der Waals surface area contributed by atoms with Gasteiger partial charge in [0, 0.05) is 17.7 Å². The van der Waals surface area contributed by atoms with Crippen LogP contribution in [0, 0.1) is 5.82 Å². The normalized spacial score (nSPS) is 13.6. The van der Waals surface area contributed by atoms with Gasteiger partial charge in [-0.05, 0) is 37.1 Å². The summed E-state index contributed by atoms with van der Waals surface area (Å²) in [5.41, 5.74) is 0.888. The topological polar surface area (TPSA) is 95.6 Å². The van der Waals surface area contributed by atoms with E-state index in [9.17, 15) is 32.6 Å². The summed E-state index contributed by atoms with van der Waals surface area (Å²) < 4.78 is 56.1. The van der Waals surface area contributed by atoms with Crippen LogP contribution >= 0.6 is 0 Å². The zero-order valence-corrected chi connectivity index (χ0v) is 17.3. The molecule has 2 aromatic carbocycles. The van der Waals surface area contributed by atoms with Gasteiger partial charge in [0.05, 0.1) is 30.0 Å². The Balaban J connectivity index is 2.03. The number of nitrogens with zero attached hydrogens (tertiary/aromatic N) is 2. The molecule has 33 heavy (non-hydrogen) atoms. The predicted octanol–water partition coefficient (Wildman–Crippen LogP) is 4.35. The van der Waals surface area contributed by atoms with Gasteiger partial charge in [0.1, 0.15) is 5.82 Å². The third-order valence-corrected chi connectivity index (χ3v) is 5.03. The fourth-order valence-electron chi connectivity index (χ4n) is 3.58. The number of alkyl halides is 3. The molecule has 1 heterocycles. The fraction of sp³-hybridized carbons (Fsp3) is 0.304. The standard InChI is InChI=1S/C23H22F4N2O4/c24-16-8-6-14(7-9-16)20-21(15-4-2-1-3-5-15)29(22(28-20)23(25,26)27)11-10-17(30)12-18(31)13-19(32)33/h1-9,17-18,30-31H,10-13H2,(H,32,33)/t17-,18-/m1/s1. The molecule has 0 aliphatic carbocycles. The first-order valence-corrected chi connectivity index (χ1v) is 10.1. The first kappa shape index (κ1) is 24.4. The Kier molecular flexibility index (Phi) is 7.50. The molecule has 0 saturated heterocycles. The lowest BCUT2D eigenvalue weighted by molar-refractivity contribution is -0.147. The number of aromatic nitrogens is 2. The Labute approximate surface area is 186 Å². The molecular formula is C23H22F4N2O4. The third kappa shape index (κ3) is 6.17. The minimum atomic E-state index is -4.81. The van der Waals surface area contributed by atoms with Gasteiger partial charge in [-0.25, -0.2) is 9.37 Å². The third-order valence-electron chi connectivity index (χ3n) is 5.03. The van der Waals surface area contributed by atoms with E-state index >= 15 is 0 Å². The van der Waals surface area contributed by atoms with Gasteiger partial charge in [0.25, 0.3) is 0 Å². The number of carboxylic acids is 1. The summed E-state index contributed by atoms with van der Waals surface area (Å²) in [4.78, 5) is 14.5. The van der Waals surface area contributed by atoms with Crippen LogP contribution in [0.3, 0.4) is 0 Å². The zero-order valence-electron chi connectivity index (χ0n) is 17.3. The molecule has 0 fully saturated rings. The van der Waals surface area contributed by atoms with Crippen LogP contribution in [0.25, 0.3) is 22.5 Å². The van der Waals surface area contributed by atoms with Gasteiger partial charge in [-0.15, -0.1) is 0 Å². The second kappa shape index (κ2) is 10.1. The van der Waals surface area contributed by atoms with Gasteiger partial charge in [-0.2, -0.15) is 13.2 Å². The van der Waals surface area contributed by atoms with Gasteiger partial charge in [0.2, 0.25) is 5.82 Å². The molecule has 0 aliphatic heterocycles. The van der Waals surface area contributed by atoms with Crippen LogP contribution < -0.4 is 0 Å². The van der Waals surface area contributed by atoms with E-state index in [-0.39, 0.29) is 36.3 Å². The monoisotopic (exact) mass is 466 g/mol.